The van der Waals surface area contributed by atoms with Crippen LogP contribution in [0.15, 0.2) is 46.2 Å². The van der Waals surface area contributed by atoms with Crippen LogP contribution in [0.3, 0.4) is 0 Å². The van der Waals surface area contributed by atoms with E-state index in [1.165, 1.54) is 18.2 Å². The molecule has 10 heteroatoms. The molecule has 2 aromatic carbocycles. The highest BCUT2D eigenvalue weighted by molar-refractivity contribution is 7.10. The van der Waals surface area contributed by atoms with Crippen LogP contribution in [0.25, 0.3) is 11.6 Å². The Morgan fingerprint density at radius 1 is 1.26 bits per heavy atom. The van der Waals surface area contributed by atoms with E-state index < -0.39 is 23.3 Å². The standard InChI is InChI=1S/C25H22ClN3O5S/c1-3-14-6-5-7-17-15(12-27-22(14)17)10-20-23(31)29(25(33)35-20)13-21(30)28-16-8-9-19(26)18(11-16)24(32)34-4-2/h5-12,31H,3-4,13H2,1-2H3,(H,28,30). The Morgan fingerprint density at radius 2 is 2.06 bits per heavy atom. The van der Waals surface area contributed by atoms with Gasteiger partial charge in [-0.15, -0.1) is 0 Å². The number of hydrogen-bond donors (Lipinski definition) is 2. The summed E-state index contributed by atoms with van der Waals surface area (Å²) in [4.78, 5) is 41.5. The SMILES string of the molecule is CCOC(=O)c1cc(NC(=O)Cn2c(O)c(C=C3C=Nc4c(CC)cccc43)sc2=O)ccc1Cl. The molecule has 2 N–H and O–H groups in total. The van der Waals surface area contributed by atoms with E-state index in [4.69, 9.17) is 16.3 Å². The van der Waals surface area contributed by atoms with Crippen LogP contribution < -0.4 is 10.2 Å². The average molecular weight is 512 g/mol. The van der Waals surface area contributed by atoms with Crippen LogP contribution in [0.1, 0.15) is 40.2 Å². The normalized spacial score (nSPS) is 13.2. The lowest BCUT2D eigenvalue weighted by molar-refractivity contribution is -0.116. The number of carbonyl (C=O) groups excluding carboxylic acids is 2. The van der Waals surface area contributed by atoms with Crippen molar-refractivity contribution in [3.63, 3.8) is 0 Å². The molecule has 0 bridgehead atoms. The van der Waals surface area contributed by atoms with Crippen molar-refractivity contribution in [3.8, 4) is 5.88 Å². The summed E-state index contributed by atoms with van der Waals surface area (Å²) in [7, 11) is 0. The molecule has 2 heterocycles. The van der Waals surface area contributed by atoms with Gasteiger partial charge in [-0.1, -0.05) is 48.1 Å². The monoisotopic (exact) mass is 511 g/mol. The number of aliphatic imine (C=N–C) groups is 1. The number of aryl methyl sites for hydroxylation is 1. The zero-order chi connectivity index (χ0) is 25.1. The first kappa shape index (κ1) is 24.4. The van der Waals surface area contributed by atoms with Crippen molar-refractivity contribution in [2.24, 2.45) is 4.99 Å². The molecular formula is C25H22ClN3O5S. The molecule has 1 aromatic heterocycles. The number of carbonyl (C=O) groups is 2. The Labute approximate surface area is 210 Å². The zero-order valence-electron chi connectivity index (χ0n) is 19.0. The maximum atomic E-state index is 12.6. The van der Waals surface area contributed by atoms with Gasteiger partial charge in [0.1, 0.15) is 6.54 Å². The van der Waals surface area contributed by atoms with Gasteiger partial charge in [-0.2, -0.15) is 0 Å². The molecule has 3 aromatic rings. The van der Waals surface area contributed by atoms with E-state index in [0.717, 1.165) is 44.7 Å². The second kappa shape index (κ2) is 10.3. The van der Waals surface area contributed by atoms with E-state index in [1.54, 1.807) is 19.2 Å². The summed E-state index contributed by atoms with van der Waals surface area (Å²) in [5.41, 5.74) is 4.11. The Balaban J connectivity index is 1.54. The van der Waals surface area contributed by atoms with Crippen molar-refractivity contribution in [3.05, 3.63) is 72.7 Å². The molecule has 1 aliphatic rings. The van der Waals surface area contributed by atoms with Crippen molar-refractivity contribution in [1.29, 1.82) is 0 Å². The quantitative estimate of drug-likeness (QED) is 0.438. The lowest BCUT2D eigenvalue weighted by Crippen LogP contribution is -2.24. The predicted octanol–water partition coefficient (Wildman–Crippen LogP) is 4.90. The Bertz CT molecular complexity index is 1440. The predicted molar refractivity (Wildman–Crippen MR) is 138 cm³/mol. The third kappa shape index (κ3) is 5.06. The fraction of sp³-hybridized carbons (Fsp3) is 0.200. The third-order valence-electron chi connectivity index (χ3n) is 5.37. The Kier molecular flexibility index (Phi) is 7.18. The van der Waals surface area contributed by atoms with Crippen LogP contribution in [0.5, 0.6) is 5.88 Å². The number of ether oxygens (including phenoxy) is 1. The van der Waals surface area contributed by atoms with Crippen molar-refractivity contribution in [2.75, 3.05) is 11.9 Å². The lowest BCUT2D eigenvalue weighted by atomic mass is 10.0. The van der Waals surface area contributed by atoms with Gasteiger partial charge in [0.05, 0.1) is 27.8 Å². The summed E-state index contributed by atoms with van der Waals surface area (Å²) >= 11 is 6.89. The highest BCUT2D eigenvalue weighted by atomic mass is 35.5. The molecule has 0 unspecified atom stereocenters. The average Bonchev–Trinajstić information content (AvgIpc) is 3.36. The summed E-state index contributed by atoms with van der Waals surface area (Å²) in [6, 6.07) is 10.3. The van der Waals surface area contributed by atoms with Crippen LogP contribution in [-0.4, -0.2) is 34.4 Å². The molecule has 1 aliphatic heterocycles. The van der Waals surface area contributed by atoms with Gasteiger partial charge < -0.3 is 15.2 Å². The summed E-state index contributed by atoms with van der Waals surface area (Å²) in [6.45, 7) is 3.50. The summed E-state index contributed by atoms with van der Waals surface area (Å²) in [5, 5.41) is 13.5. The van der Waals surface area contributed by atoms with E-state index in [1.807, 2.05) is 18.2 Å². The number of allylic oxidation sites excluding steroid dienone is 1. The van der Waals surface area contributed by atoms with E-state index in [9.17, 15) is 19.5 Å². The lowest BCUT2D eigenvalue weighted by Gasteiger charge is -2.09. The second-order valence-corrected chi connectivity index (χ2v) is 9.03. The number of benzene rings is 2. The maximum absolute atomic E-state index is 12.6. The summed E-state index contributed by atoms with van der Waals surface area (Å²) in [5.74, 6) is -1.47. The first-order valence-electron chi connectivity index (χ1n) is 10.9. The van der Waals surface area contributed by atoms with Crippen molar-refractivity contribution >= 4 is 64.1 Å². The first-order chi connectivity index (χ1) is 16.8. The minimum absolute atomic E-state index is 0.112. The first-order valence-corrected chi connectivity index (χ1v) is 12.1. The molecule has 0 saturated carbocycles. The smallest absolute Gasteiger partial charge is 0.339 e. The van der Waals surface area contributed by atoms with Gasteiger partial charge in [0, 0.05) is 23.0 Å². The Hall–Kier alpha value is -3.69. The van der Waals surface area contributed by atoms with E-state index in [-0.39, 0.29) is 23.1 Å². The van der Waals surface area contributed by atoms with E-state index in [0.29, 0.717) is 10.6 Å². The number of nitrogens with zero attached hydrogens (tertiary/aromatic N) is 2. The minimum Gasteiger partial charge on any atom is -0.493 e. The van der Waals surface area contributed by atoms with Gasteiger partial charge in [-0.05, 0) is 43.2 Å². The molecule has 0 saturated heterocycles. The molecule has 8 nitrogen and oxygen atoms in total. The van der Waals surface area contributed by atoms with Crippen molar-refractivity contribution in [2.45, 2.75) is 26.8 Å². The number of anilines is 1. The fourth-order valence-corrected chi connectivity index (χ4v) is 4.71. The number of esters is 1. The van der Waals surface area contributed by atoms with Gasteiger partial charge in [0.2, 0.25) is 11.8 Å². The van der Waals surface area contributed by atoms with Crippen LogP contribution in [0, 0.1) is 0 Å². The number of para-hydroxylation sites is 1. The van der Waals surface area contributed by atoms with Gasteiger partial charge in [0.25, 0.3) is 0 Å². The number of halogens is 1. The fourth-order valence-electron chi connectivity index (χ4n) is 3.68. The van der Waals surface area contributed by atoms with Crippen LogP contribution in [-0.2, 0) is 22.5 Å². The van der Waals surface area contributed by atoms with Gasteiger partial charge in [0.15, 0.2) is 0 Å². The number of aromatic nitrogens is 1. The number of fused-ring (bicyclic) bond motifs is 1. The molecule has 35 heavy (non-hydrogen) atoms. The molecule has 0 aliphatic carbocycles. The summed E-state index contributed by atoms with van der Waals surface area (Å²) < 4.78 is 5.95. The van der Waals surface area contributed by atoms with Gasteiger partial charge >= 0.3 is 10.8 Å². The highest BCUT2D eigenvalue weighted by Crippen LogP contribution is 2.37. The van der Waals surface area contributed by atoms with E-state index in [2.05, 4.69) is 17.2 Å². The molecule has 0 fully saturated rings. The van der Waals surface area contributed by atoms with Crippen LogP contribution in [0.2, 0.25) is 5.02 Å². The maximum Gasteiger partial charge on any atom is 0.339 e. The van der Waals surface area contributed by atoms with Crippen molar-refractivity contribution < 1.29 is 19.4 Å². The number of nitrogens with one attached hydrogen (secondary N) is 1. The highest BCUT2D eigenvalue weighted by Gasteiger charge is 2.20. The van der Waals surface area contributed by atoms with Crippen molar-refractivity contribution in [1.82, 2.24) is 4.57 Å². The molecule has 180 valence electrons. The van der Waals surface area contributed by atoms with E-state index >= 15 is 0 Å². The summed E-state index contributed by atoms with van der Waals surface area (Å²) in [6.07, 6.45) is 4.23. The zero-order valence-corrected chi connectivity index (χ0v) is 20.6. The van der Waals surface area contributed by atoms with Gasteiger partial charge in [-0.3, -0.25) is 19.1 Å². The van der Waals surface area contributed by atoms with Gasteiger partial charge in [-0.25, -0.2) is 4.79 Å². The number of hydrogen-bond acceptors (Lipinski definition) is 7. The molecule has 0 atom stereocenters. The number of amides is 1. The molecule has 4 rings (SSSR count). The third-order valence-corrected chi connectivity index (χ3v) is 6.62. The van der Waals surface area contributed by atoms with Crippen LogP contribution >= 0.6 is 22.9 Å². The largest absolute Gasteiger partial charge is 0.493 e. The molecular weight excluding hydrogens is 490 g/mol. The number of rotatable bonds is 7. The number of aromatic hydroxyl groups is 1. The Morgan fingerprint density at radius 3 is 2.80 bits per heavy atom. The molecule has 1 amide bonds. The topological polar surface area (TPSA) is 110 Å². The second-order valence-electron chi connectivity index (χ2n) is 7.63. The molecule has 0 spiro atoms. The molecule has 0 radical (unpaired) electrons. The number of thiazole rings is 1. The minimum atomic E-state index is -0.610. The van der Waals surface area contributed by atoms with Crippen LogP contribution in [0.4, 0.5) is 11.4 Å².